The van der Waals surface area contributed by atoms with E-state index in [0.29, 0.717) is 5.16 Å². The molecule has 1 aromatic heterocycles. The molecule has 1 radical (unpaired) electrons. The molecule has 1 heterocycles. The Hall–Kier alpha value is -0.510. The fraction of sp³-hybridized carbons (Fsp3) is 0. The zero-order valence-electron chi connectivity index (χ0n) is 2.84. The third kappa shape index (κ3) is 0.514. The van der Waals surface area contributed by atoms with Crippen molar-refractivity contribution in [2.24, 2.45) is 0 Å². The first-order valence-corrected chi connectivity index (χ1v) is 1.82. The number of aromatic nitrogens is 3. The smallest absolute Gasteiger partial charge is 0.199 e. The first-order valence-electron chi connectivity index (χ1n) is 1.37. The lowest BCUT2D eigenvalue weighted by Crippen LogP contribution is -1.62. The second-order valence-electron chi connectivity index (χ2n) is 0.760. The fourth-order valence-electron chi connectivity index (χ4n) is 0.172. The highest BCUT2D eigenvalue weighted by Crippen LogP contribution is 1.86. The van der Waals surface area contributed by atoms with Crippen LogP contribution in [0.1, 0.15) is 0 Å². The molecule has 1 aromatic rings. The predicted octanol–water partition coefficient (Wildman–Crippen LogP) is -0.106. The molecule has 0 unspecified atom stereocenters. The van der Waals surface area contributed by atoms with Gasteiger partial charge < -0.3 is 4.98 Å². The van der Waals surface area contributed by atoms with Crippen LogP contribution >= 0.6 is 12.6 Å². The number of rotatable bonds is 0. The molecule has 0 fully saturated rings. The van der Waals surface area contributed by atoms with Gasteiger partial charge in [0.2, 0.25) is 0 Å². The van der Waals surface area contributed by atoms with Crippen molar-refractivity contribution in [3.05, 3.63) is 6.33 Å². The van der Waals surface area contributed by atoms with Crippen LogP contribution in [-0.2, 0) is 0 Å². The molecule has 0 amide bonds. The van der Waals surface area contributed by atoms with Crippen molar-refractivity contribution >= 4 is 12.6 Å². The van der Waals surface area contributed by atoms with Gasteiger partial charge in [0, 0.05) is 0 Å². The lowest BCUT2D eigenvalue weighted by molar-refractivity contribution is 0.979. The van der Waals surface area contributed by atoms with Gasteiger partial charge in [0.1, 0.15) is 0 Å². The van der Waals surface area contributed by atoms with E-state index in [4.69, 9.17) is 0 Å². The van der Waals surface area contributed by atoms with Gasteiger partial charge in [-0.3, -0.25) is 0 Å². The van der Waals surface area contributed by atoms with E-state index in [1.54, 1.807) is 0 Å². The van der Waals surface area contributed by atoms with Crippen molar-refractivity contribution in [1.82, 2.24) is 15.2 Å². The van der Waals surface area contributed by atoms with Crippen molar-refractivity contribution in [2.75, 3.05) is 0 Å². The molecular formula is C2H2N3S. The molecule has 6 heavy (non-hydrogen) atoms. The van der Waals surface area contributed by atoms with Crippen LogP contribution in [0, 0.1) is 6.33 Å². The van der Waals surface area contributed by atoms with E-state index in [9.17, 15) is 0 Å². The second kappa shape index (κ2) is 1.30. The molecular weight excluding hydrogens is 98.1 g/mol. The van der Waals surface area contributed by atoms with Crippen molar-refractivity contribution < 1.29 is 0 Å². The number of H-pyrrole nitrogens is 1. The topological polar surface area (TPSA) is 41.6 Å². The summed E-state index contributed by atoms with van der Waals surface area (Å²) >= 11 is 3.78. The minimum Gasteiger partial charge on any atom is -0.313 e. The molecule has 0 saturated carbocycles. The summed E-state index contributed by atoms with van der Waals surface area (Å²) in [6, 6.07) is 0. The highest BCUT2D eigenvalue weighted by Gasteiger charge is 1.78. The van der Waals surface area contributed by atoms with E-state index in [2.05, 4.69) is 34.1 Å². The quantitative estimate of drug-likeness (QED) is 0.447. The van der Waals surface area contributed by atoms with Gasteiger partial charge in [0.05, 0.1) is 0 Å². The number of aromatic amines is 1. The van der Waals surface area contributed by atoms with Crippen LogP contribution in [0.25, 0.3) is 0 Å². The van der Waals surface area contributed by atoms with Crippen LogP contribution < -0.4 is 0 Å². The van der Waals surface area contributed by atoms with Gasteiger partial charge in [-0.15, -0.1) is 22.8 Å². The summed E-state index contributed by atoms with van der Waals surface area (Å²) in [5.41, 5.74) is 0. The molecule has 0 aliphatic rings. The minimum atomic E-state index is 0.495. The SMILES string of the molecule is Sc1nn[c][nH]1. The van der Waals surface area contributed by atoms with E-state index in [1.165, 1.54) is 0 Å². The standard InChI is InChI=1S/C2H2N3S/c6-2-3-1-4-5-2/h(H2,3,4,5,6). The van der Waals surface area contributed by atoms with Gasteiger partial charge in [-0.1, -0.05) is 0 Å². The first kappa shape index (κ1) is 3.67. The number of nitrogens with zero attached hydrogens (tertiary/aromatic N) is 2. The molecule has 0 aliphatic heterocycles. The van der Waals surface area contributed by atoms with Crippen molar-refractivity contribution in [1.29, 1.82) is 0 Å². The maximum Gasteiger partial charge on any atom is 0.199 e. The van der Waals surface area contributed by atoms with Crippen LogP contribution in [0.3, 0.4) is 0 Å². The van der Waals surface area contributed by atoms with E-state index in [-0.39, 0.29) is 0 Å². The van der Waals surface area contributed by atoms with Crippen LogP contribution in [-0.4, -0.2) is 15.2 Å². The lowest BCUT2D eigenvalue weighted by Gasteiger charge is -1.63. The second-order valence-corrected chi connectivity index (χ2v) is 1.18. The zero-order valence-corrected chi connectivity index (χ0v) is 3.74. The summed E-state index contributed by atoms with van der Waals surface area (Å²) in [6.07, 6.45) is 2.37. The largest absolute Gasteiger partial charge is 0.313 e. The highest BCUT2D eigenvalue weighted by molar-refractivity contribution is 7.80. The Morgan fingerprint density at radius 3 is 2.83 bits per heavy atom. The monoisotopic (exact) mass is 100.0 g/mol. The third-order valence-corrected chi connectivity index (χ3v) is 0.564. The van der Waals surface area contributed by atoms with Crippen molar-refractivity contribution in [3.8, 4) is 0 Å². The maximum absolute atomic E-state index is 3.78. The van der Waals surface area contributed by atoms with Gasteiger partial charge in [-0.2, -0.15) is 0 Å². The van der Waals surface area contributed by atoms with Gasteiger partial charge >= 0.3 is 0 Å². The fourth-order valence-corrected chi connectivity index (χ4v) is 0.267. The Balaban J connectivity index is 3.05. The van der Waals surface area contributed by atoms with Crippen LogP contribution in [0.4, 0.5) is 0 Å². The normalized spacial score (nSPS) is 8.83. The van der Waals surface area contributed by atoms with Gasteiger partial charge in [0.25, 0.3) is 0 Å². The molecule has 0 aliphatic carbocycles. The summed E-state index contributed by atoms with van der Waals surface area (Å²) in [4.78, 5) is 2.52. The number of nitrogens with one attached hydrogen (secondary N) is 1. The summed E-state index contributed by atoms with van der Waals surface area (Å²) in [7, 11) is 0. The van der Waals surface area contributed by atoms with Crippen molar-refractivity contribution in [2.45, 2.75) is 5.16 Å². The van der Waals surface area contributed by atoms with Crippen LogP contribution in [0.5, 0.6) is 0 Å². The molecule has 31 valence electrons. The molecule has 1 N–H and O–H groups in total. The number of thiol groups is 1. The molecule has 0 saturated heterocycles. The summed E-state index contributed by atoms with van der Waals surface area (Å²) in [5.74, 6) is 0. The van der Waals surface area contributed by atoms with Crippen LogP contribution in [0.2, 0.25) is 0 Å². The highest BCUT2D eigenvalue weighted by atomic mass is 32.1. The predicted molar refractivity (Wildman–Crippen MR) is 22.5 cm³/mol. The van der Waals surface area contributed by atoms with E-state index >= 15 is 0 Å². The molecule has 3 nitrogen and oxygen atoms in total. The third-order valence-electron chi connectivity index (χ3n) is 0.362. The Bertz CT molecular complexity index is 112. The molecule has 0 aromatic carbocycles. The zero-order chi connectivity index (χ0) is 4.41. The Labute approximate surface area is 40.2 Å². The number of hydrogen-bond donors (Lipinski definition) is 2. The molecule has 4 heteroatoms. The van der Waals surface area contributed by atoms with Gasteiger partial charge in [0.15, 0.2) is 11.5 Å². The molecule has 1 rings (SSSR count). The molecule has 0 atom stereocenters. The summed E-state index contributed by atoms with van der Waals surface area (Å²) < 4.78 is 0. The van der Waals surface area contributed by atoms with Crippen molar-refractivity contribution in [3.63, 3.8) is 0 Å². The summed E-state index contributed by atoms with van der Waals surface area (Å²) in [6.45, 7) is 0. The number of hydrogen-bond acceptors (Lipinski definition) is 3. The Morgan fingerprint density at radius 2 is 2.67 bits per heavy atom. The van der Waals surface area contributed by atoms with E-state index < -0.39 is 0 Å². The van der Waals surface area contributed by atoms with Gasteiger partial charge in [-0.25, -0.2) is 0 Å². The average molecular weight is 100 g/mol. The Morgan fingerprint density at radius 1 is 1.83 bits per heavy atom. The Kier molecular flexibility index (Phi) is 0.795. The molecule has 0 bridgehead atoms. The van der Waals surface area contributed by atoms with E-state index in [0.717, 1.165) is 0 Å². The van der Waals surface area contributed by atoms with Gasteiger partial charge in [-0.05, 0) is 0 Å². The van der Waals surface area contributed by atoms with Crippen LogP contribution in [0.15, 0.2) is 5.16 Å². The first-order chi connectivity index (χ1) is 2.89. The lowest BCUT2D eigenvalue weighted by atomic mass is 11.3. The molecule has 0 spiro atoms. The minimum absolute atomic E-state index is 0.495. The van der Waals surface area contributed by atoms with E-state index in [1.807, 2.05) is 0 Å². The maximum atomic E-state index is 3.78. The average Bonchev–Trinajstić information content (AvgIpc) is 1.86. The summed E-state index contributed by atoms with van der Waals surface area (Å²) in [5, 5.41) is 7.23.